The number of anilines is 1. The quantitative estimate of drug-likeness (QED) is 0.605. The maximum Gasteiger partial charge on any atom is 0.286 e. The molecule has 1 aliphatic rings. The van der Waals surface area contributed by atoms with Crippen molar-refractivity contribution in [2.45, 2.75) is 12.8 Å². The molecule has 0 aliphatic carbocycles. The van der Waals surface area contributed by atoms with Crippen molar-refractivity contribution in [3.05, 3.63) is 65.5 Å². The fourth-order valence-corrected chi connectivity index (χ4v) is 3.54. The first-order chi connectivity index (χ1) is 15.9. The maximum absolute atomic E-state index is 13.9. The minimum atomic E-state index is -3.15. The molecule has 1 fully saturated rings. The van der Waals surface area contributed by atoms with Gasteiger partial charge in [0.25, 0.3) is 5.92 Å². The van der Waals surface area contributed by atoms with Crippen LogP contribution in [0.15, 0.2) is 48.7 Å². The summed E-state index contributed by atoms with van der Waals surface area (Å²) in [6, 6.07) is 13.4. The van der Waals surface area contributed by atoms with Crippen LogP contribution in [0.5, 0.6) is 11.5 Å². The SMILES string of the molecule is Cc1cc(Oc2cc(C#N)ccc2-c2ccc(C(F)(F)CN)cn2)cc(N2CCOCC2)n1. The fraction of sp³-hybridized carbons (Fsp3) is 0.292. The van der Waals surface area contributed by atoms with E-state index in [0.29, 0.717) is 41.5 Å². The number of nitrogens with two attached hydrogens (primary N) is 1. The van der Waals surface area contributed by atoms with Crippen molar-refractivity contribution >= 4 is 5.82 Å². The number of hydrogen-bond acceptors (Lipinski definition) is 7. The molecular formula is C24H23F2N5O2. The van der Waals surface area contributed by atoms with E-state index in [0.717, 1.165) is 30.8 Å². The Morgan fingerprint density at radius 2 is 1.97 bits per heavy atom. The molecule has 7 nitrogen and oxygen atoms in total. The van der Waals surface area contributed by atoms with Gasteiger partial charge in [-0.05, 0) is 37.3 Å². The molecule has 3 heterocycles. The van der Waals surface area contributed by atoms with Gasteiger partial charge < -0.3 is 20.1 Å². The molecule has 1 aliphatic heterocycles. The summed E-state index contributed by atoms with van der Waals surface area (Å²) in [5.41, 5.74) is 7.09. The summed E-state index contributed by atoms with van der Waals surface area (Å²) >= 11 is 0. The number of aromatic nitrogens is 2. The monoisotopic (exact) mass is 451 g/mol. The summed E-state index contributed by atoms with van der Waals surface area (Å²) in [6.45, 7) is 3.80. The van der Waals surface area contributed by atoms with Crippen molar-refractivity contribution in [3.63, 3.8) is 0 Å². The van der Waals surface area contributed by atoms with E-state index in [9.17, 15) is 14.0 Å². The van der Waals surface area contributed by atoms with Gasteiger partial charge in [-0.1, -0.05) is 0 Å². The van der Waals surface area contributed by atoms with Gasteiger partial charge in [-0.15, -0.1) is 0 Å². The lowest BCUT2D eigenvalue weighted by atomic mass is 10.1. The van der Waals surface area contributed by atoms with Crippen LogP contribution in [0.3, 0.4) is 0 Å². The van der Waals surface area contributed by atoms with E-state index in [-0.39, 0.29) is 5.56 Å². The number of nitriles is 1. The van der Waals surface area contributed by atoms with Gasteiger partial charge in [-0.2, -0.15) is 14.0 Å². The normalized spacial score (nSPS) is 14.1. The molecule has 33 heavy (non-hydrogen) atoms. The zero-order valence-electron chi connectivity index (χ0n) is 18.1. The van der Waals surface area contributed by atoms with Gasteiger partial charge in [0.1, 0.15) is 17.3 Å². The number of pyridine rings is 2. The number of morpholine rings is 1. The van der Waals surface area contributed by atoms with Gasteiger partial charge in [0.15, 0.2) is 0 Å². The Bertz CT molecular complexity index is 1170. The minimum absolute atomic E-state index is 0.259. The van der Waals surface area contributed by atoms with E-state index in [1.54, 1.807) is 24.3 Å². The van der Waals surface area contributed by atoms with Gasteiger partial charge in [0.05, 0.1) is 37.1 Å². The Hall–Kier alpha value is -3.61. The number of alkyl halides is 2. The average molecular weight is 451 g/mol. The summed E-state index contributed by atoms with van der Waals surface area (Å²) in [5.74, 6) is -1.44. The Labute approximate surface area is 190 Å². The van der Waals surface area contributed by atoms with Gasteiger partial charge in [-0.3, -0.25) is 4.98 Å². The van der Waals surface area contributed by atoms with Crippen LogP contribution in [0.25, 0.3) is 11.3 Å². The molecule has 0 spiro atoms. The lowest BCUT2D eigenvalue weighted by Gasteiger charge is -2.28. The van der Waals surface area contributed by atoms with Crippen molar-refractivity contribution in [1.29, 1.82) is 5.26 Å². The summed E-state index contributed by atoms with van der Waals surface area (Å²) in [4.78, 5) is 10.9. The maximum atomic E-state index is 13.9. The first-order valence-corrected chi connectivity index (χ1v) is 10.5. The molecule has 1 aromatic carbocycles. The van der Waals surface area contributed by atoms with E-state index in [1.807, 2.05) is 13.0 Å². The van der Waals surface area contributed by atoms with Gasteiger partial charge in [0, 0.05) is 48.2 Å². The average Bonchev–Trinajstić information content (AvgIpc) is 2.84. The van der Waals surface area contributed by atoms with E-state index in [2.05, 4.69) is 20.9 Å². The lowest BCUT2D eigenvalue weighted by molar-refractivity contribution is 0.00563. The fourth-order valence-electron chi connectivity index (χ4n) is 3.54. The highest BCUT2D eigenvalue weighted by atomic mass is 19.3. The van der Waals surface area contributed by atoms with Crippen molar-refractivity contribution in [2.24, 2.45) is 5.73 Å². The summed E-state index contributed by atoms with van der Waals surface area (Å²) in [7, 11) is 0. The molecule has 0 radical (unpaired) electrons. The second kappa shape index (κ2) is 9.48. The number of rotatable bonds is 6. The first-order valence-electron chi connectivity index (χ1n) is 10.5. The van der Waals surface area contributed by atoms with Gasteiger partial charge in [0.2, 0.25) is 0 Å². The predicted molar refractivity (Wildman–Crippen MR) is 119 cm³/mol. The molecule has 170 valence electrons. The summed E-state index contributed by atoms with van der Waals surface area (Å²) in [5, 5.41) is 9.36. The Morgan fingerprint density at radius 1 is 1.18 bits per heavy atom. The molecule has 9 heteroatoms. The zero-order valence-corrected chi connectivity index (χ0v) is 18.1. The van der Waals surface area contributed by atoms with Crippen molar-refractivity contribution in [1.82, 2.24) is 9.97 Å². The van der Waals surface area contributed by atoms with Crippen LogP contribution >= 0.6 is 0 Å². The van der Waals surface area contributed by atoms with Crippen molar-refractivity contribution < 1.29 is 18.3 Å². The highest BCUT2D eigenvalue weighted by molar-refractivity contribution is 5.69. The van der Waals surface area contributed by atoms with Crippen molar-refractivity contribution in [3.8, 4) is 28.8 Å². The largest absolute Gasteiger partial charge is 0.456 e. The Morgan fingerprint density at radius 3 is 2.64 bits per heavy atom. The molecule has 0 bridgehead atoms. The summed E-state index contributed by atoms with van der Waals surface area (Å²) < 4.78 is 39.3. The minimum Gasteiger partial charge on any atom is -0.456 e. The molecule has 2 aromatic heterocycles. The number of nitrogens with zero attached hydrogens (tertiary/aromatic N) is 4. The van der Waals surface area contributed by atoms with E-state index in [1.165, 1.54) is 12.1 Å². The van der Waals surface area contributed by atoms with Gasteiger partial charge >= 0.3 is 0 Å². The van der Waals surface area contributed by atoms with Crippen LogP contribution in [0.4, 0.5) is 14.6 Å². The van der Waals surface area contributed by atoms with Crippen LogP contribution in [0.1, 0.15) is 16.8 Å². The molecule has 0 amide bonds. The molecule has 1 saturated heterocycles. The third-order valence-electron chi connectivity index (χ3n) is 5.31. The van der Waals surface area contributed by atoms with Crippen LogP contribution in [0.2, 0.25) is 0 Å². The molecule has 2 N–H and O–H groups in total. The highest BCUT2D eigenvalue weighted by Gasteiger charge is 2.30. The molecule has 0 atom stereocenters. The number of benzene rings is 1. The van der Waals surface area contributed by atoms with Crippen LogP contribution < -0.4 is 15.4 Å². The second-order valence-corrected chi connectivity index (χ2v) is 7.67. The molecule has 4 rings (SSSR count). The van der Waals surface area contributed by atoms with E-state index < -0.39 is 12.5 Å². The zero-order chi connectivity index (χ0) is 23.4. The number of ether oxygens (including phenoxy) is 2. The smallest absolute Gasteiger partial charge is 0.286 e. The lowest BCUT2D eigenvalue weighted by Crippen LogP contribution is -2.36. The van der Waals surface area contributed by atoms with Crippen LogP contribution in [0, 0.1) is 18.3 Å². The second-order valence-electron chi connectivity index (χ2n) is 7.67. The third kappa shape index (κ3) is 5.08. The van der Waals surface area contributed by atoms with Crippen LogP contribution in [-0.4, -0.2) is 42.8 Å². The first kappa shape index (κ1) is 22.6. The van der Waals surface area contributed by atoms with E-state index in [4.69, 9.17) is 15.2 Å². The van der Waals surface area contributed by atoms with E-state index >= 15 is 0 Å². The number of halogens is 2. The standard InChI is InChI=1S/C24H23F2N5O2/c1-16-10-19(12-23(30-16)31-6-8-32-9-7-31)33-22-11-17(13-27)2-4-20(22)21-5-3-18(14-29-21)24(25,26)15-28/h2-5,10-12,14H,6-9,15,28H2,1H3. The molecule has 0 unspecified atom stereocenters. The Kier molecular flexibility index (Phi) is 6.49. The number of hydrogen-bond donors (Lipinski definition) is 1. The van der Waals surface area contributed by atoms with Crippen molar-refractivity contribution in [2.75, 3.05) is 37.7 Å². The molecule has 0 saturated carbocycles. The van der Waals surface area contributed by atoms with Crippen LogP contribution in [-0.2, 0) is 10.7 Å². The number of aryl methyl sites for hydroxylation is 1. The molecule has 3 aromatic rings. The molecular weight excluding hydrogens is 428 g/mol. The predicted octanol–water partition coefficient (Wildman–Crippen LogP) is 4.00. The highest BCUT2D eigenvalue weighted by Crippen LogP contribution is 2.35. The topological polar surface area (TPSA) is 97.3 Å². The summed E-state index contributed by atoms with van der Waals surface area (Å²) in [6.07, 6.45) is 1.11. The van der Waals surface area contributed by atoms with Gasteiger partial charge in [-0.25, -0.2) is 4.98 Å². The third-order valence-corrected chi connectivity index (χ3v) is 5.31. The Balaban J connectivity index is 1.69.